The number of carbonyl (C=O) groups excluding carboxylic acids is 3. The Bertz CT molecular complexity index is 814. The summed E-state index contributed by atoms with van der Waals surface area (Å²) in [6, 6.07) is 0. The predicted octanol–water partition coefficient (Wildman–Crippen LogP) is 0.00850. The van der Waals surface area contributed by atoms with Crippen LogP contribution >= 0.6 is 67.8 Å². The summed E-state index contributed by atoms with van der Waals surface area (Å²) in [5.41, 5.74) is 1.30. The number of amides is 2. The first-order valence-electron chi connectivity index (χ1n) is 9.61. The topological polar surface area (TPSA) is 206 Å². The number of aliphatic hydroxyl groups excluding tert-OH is 6. The van der Waals surface area contributed by atoms with Crippen LogP contribution in [-0.4, -0.2) is 92.7 Å². The van der Waals surface area contributed by atoms with Crippen LogP contribution in [0.2, 0.25) is 0 Å². The summed E-state index contributed by atoms with van der Waals surface area (Å²) < 4.78 is 6.89. The molecule has 12 nitrogen and oxygen atoms in total. The molecule has 1 aromatic carbocycles. The Labute approximate surface area is 236 Å². The number of anilines is 2. The standard InChI is InChI=1S/C13H13I3N2O4.C6H14O6/c1-4-22-13(21)7-8(14)11(17-5(2)19)10(16)12(9(7)15)18-6(3)20;7-1-3(9)5(11)6(12)4(10)2-8/h4H2,1-3H3,(H,17,19)(H,18,20);3-12H,1-2H2/t;3-,4-,5-,6-/m.1/s1. The van der Waals surface area contributed by atoms with E-state index in [2.05, 4.69) is 10.6 Å². The molecule has 0 aliphatic rings. The highest BCUT2D eigenvalue weighted by atomic mass is 127. The summed E-state index contributed by atoms with van der Waals surface area (Å²) in [6.45, 7) is 3.26. The molecule has 0 heterocycles. The van der Waals surface area contributed by atoms with Crippen molar-refractivity contribution < 1.29 is 49.8 Å². The fourth-order valence-electron chi connectivity index (χ4n) is 2.29. The average Bonchev–Trinajstić information content (AvgIpc) is 2.77. The number of hydrogen-bond donors (Lipinski definition) is 8. The van der Waals surface area contributed by atoms with Gasteiger partial charge in [-0.3, -0.25) is 9.59 Å². The molecule has 194 valence electrons. The largest absolute Gasteiger partial charge is 0.462 e. The van der Waals surface area contributed by atoms with Crippen LogP contribution in [0.3, 0.4) is 0 Å². The van der Waals surface area contributed by atoms with Gasteiger partial charge in [0.2, 0.25) is 11.8 Å². The van der Waals surface area contributed by atoms with E-state index in [9.17, 15) is 14.4 Å². The molecular formula is C19H27I3N2O10. The van der Waals surface area contributed by atoms with Gasteiger partial charge in [-0.15, -0.1) is 0 Å². The SMILES string of the molecule is CCOC(=O)c1c(I)c(NC(C)=O)c(I)c(NC(C)=O)c1I.OC[C@@H](O)[C@@H](O)[C@H](O)[C@H](O)CO. The maximum Gasteiger partial charge on any atom is 0.340 e. The zero-order valence-electron chi connectivity index (χ0n) is 18.4. The molecule has 0 spiro atoms. The van der Waals surface area contributed by atoms with E-state index in [0.29, 0.717) is 27.6 Å². The summed E-state index contributed by atoms with van der Waals surface area (Å²) in [7, 11) is 0. The molecule has 8 N–H and O–H groups in total. The molecule has 2 amide bonds. The monoisotopic (exact) mass is 824 g/mol. The van der Waals surface area contributed by atoms with Crippen molar-refractivity contribution in [3.05, 3.63) is 16.3 Å². The maximum atomic E-state index is 12.2. The molecule has 1 rings (SSSR count). The van der Waals surface area contributed by atoms with E-state index < -0.39 is 43.6 Å². The number of halogens is 3. The van der Waals surface area contributed by atoms with E-state index in [1.807, 2.05) is 67.8 Å². The Morgan fingerprint density at radius 1 is 0.794 bits per heavy atom. The summed E-state index contributed by atoms with van der Waals surface area (Å²) in [4.78, 5) is 35.1. The highest BCUT2D eigenvalue weighted by molar-refractivity contribution is 14.1. The van der Waals surface area contributed by atoms with E-state index in [-0.39, 0.29) is 18.4 Å². The molecule has 0 fully saturated rings. The molecule has 0 saturated carbocycles. The van der Waals surface area contributed by atoms with E-state index in [1.165, 1.54) is 13.8 Å². The van der Waals surface area contributed by atoms with Gasteiger partial charge in [-0.25, -0.2) is 4.79 Å². The van der Waals surface area contributed by atoms with E-state index >= 15 is 0 Å². The van der Waals surface area contributed by atoms with Crippen molar-refractivity contribution in [1.29, 1.82) is 0 Å². The number of rotatable bonds is 9. The first kappa shape index (κ1) is 33.6. The van der Waals surface area contributed by atoms with Gasteiger partial charge in [0.1, 0.15) is 24.4 Å². The van der Waals surface area contributed by atoms with Gasteiger partial charge in [0.25, 0.3) is 0 Å². The van der Waals surface area contributed by atoms with Gasteiger partial charge >= 0.3 is 5.97 Å². The zero-order chi connectivity index (χ0) is 26.7. The summed E-state index contributed by atoms with van der Waals surface area (Å²) in [6.07, 6.45) is -6.39. The Kier molecular flexibility index (Phi) is 16.1. The zero-order valence-corrected chi connectivity index (χ0v) is 24.9. The minimum Gasteiger partial charge on any atom is -0.462 e. The number of nitrogens with one attached hydrogen (secondary N) is 2. The van der Waals surface area contributed by atoms with Gasteiger partial charge < -0.3 is 46.0 Å². The van der Waals surface area contributed by atoms with Crippen molar-refractivity contribution in [3.8, 4) is 0 Å². The van der Waals surface area contributed by atoms with Crippen molar-refractivity contribution in [3.63, 3.8) is 0 Å². The van der Waals surface area contributed by atoms with E-state index in [4.69, 9.17) is 35.4 Å². The van der Waals surface area contributed by atoms with Gasteiger partial charge in [0, 0.05) is 13.8 Å². The van der Waals surface area contributed by atoms with Crippen molar-refractivity contribution in [1.82, 2.24) is 0 Å². The number of hydrogen-bond acceptors (Lipinski definition) is 10. The van der Waals surface area contributed by atoms with Crippen molar-refractivity contribution in [2.45, 2.75) is 45.2 Å². The number of benzene rings is 1. The Balaban J connectivity index is 0.000000770. The van der Waals surface area contributed by atoms with E-state index in [0.717, 1.165) is 0 Å². The lowest BCUT2D eigenvalue weighted by atomic mass is 10.0. The van der Waals surface area contributed by atoms with Gasteiger partial charge in [-0.2, -0.15) is 0 Å². The highest BCUT2D eigenvalue weighted by Crippen LogP contribution is 2.39. The number of carbonyl (C=O) groups is 3. The van der Waals surface area contributed by atoms with Gasteiger partial charge in [-0.1, -0.05) is 0 Å². The summed E-state index contributed by atoms with van der Waals surface area (Å²) in [5.74, 6) is -1.02. The molecule has 4 atom stereocenters. The second kappa shape index (κ2) is 16.3. The van der Waals surface area contributed by atoms with Crippen LogP contribution in [-0.2, 0) is 14.3 Å². The molecule has 0 saturated heterocycles. The normalized spacial score (nSPS) is 14.1. The van der Waals surface area contributed by atoms with Gasteiger partial charge in [0.05, 0.1) is 47.5 Å². The van der Waals surface area contributed by atoms with Gasteiger partial charge in [0.15, 0.2) is 0 Å². The first-order valence-corrected chi connectivity index (χ1v) is 12.8. The molecule has 34 heavy (non-hydrogen) atoms. The second-order valence-corrected chi connectivity index (χ2v) is 9.87. The Morgan fingerprint density at radius 2 is 1.15 bits per heavy atom. The van der Waals surface area contributed by atoms with Crippen LogP contribution in [0, 0.1) is 10.7 Å². The Morgan fingerprint density at radius 3 is 1.41 bits per heavy atom. The molecule has 0 aliphatic carbocycles. The van der Waals surface area contributed by atoms with Crippen LogP contribution in [0.1, 0.15) is 31.1 Å². The fraction of sp³-hybridized carbons (Fsp3) is 0.526. The van der Waals surface area contributed by atoms with Crippen LogP contribution < -0.4 is 10.6 Å². The van der Waals surface area contributed by atoms with Crippen molar-refractivity contribution in [2.24, 2.45) is 0 Å². The van der Waals surface area contributed by atoms with Crippen molar-refractivity contribution >= 4 is 96.9 Å². The number of ether oxygens (including phenoxy) is 1. The number of aliphatic hydroxyl groups is 6. The lowest BCUT2D eigenvalue weighted by Crippen LogP contribution is -2.46. The fourth-order valence-corrected chi connectivity index (χ4v) is 6.44. The number of esters is 1. The quantitative estimate of drug-likeness (QED) is 0.124. The average molecular weight is 824 g/mol. The summed E-state index contributed by atoms with van der Waals surface area (Å²) in [5, 5.41) is 57.6. The Hall–Kier alpha value is -0.420. The molecule has 0 radical (unpaired) electrons. The molecule has 0 unspecified atom stereocenters. The van der Waals surface area contributed by atoms with Crippen molar-refractivity contribution in [2.75, 3.05) is 30.5 Å². The third-order valence-corrected chi connectivity index (χ3v) is 7.15. The molecule has 1 aromatic rings. The van der Waals surface area contributed by atoms with Crippen LogP contribution in [0.4, 0.5) is 11.4 Å². The third kappa shape index (κ3) is 9.91. The summed E-state index contributed by atoms with van der Waals surface area (Å²) >= 11 is 6.02. The molecule has 0 bridgehead atoms. The first-order chi connectivity index (χ1) is 15.7. The maximum absolute atomic E-state index is 12.2. The highest BCUT2D eigenvalue weighted by Gasteiger charge is 2.29. The van der Waals surface area contributed by atoms with Crippen LogP contribution in [0.25, 0.3) is 0 Å². The minimum atomic E-state index is -1.67. The molecule has 0 aliphatic heterocycles. The lowest BCUT2D eigenvalue weighted by molar-refractivity contribution is -0.123. The second-order valence-electron chi connectivity index (χ2n) is 6.63. The van der Waals surface area contributed by atoms with Crippen LogP contribution in [0.15, 0.2) is 0 Å². The van der Waals surface area contributed by atoms with E-state index in [1.54, 1.807) is 6.92 Å². The molecule has 0 aromatic heterocycles. The van der Waals surface area contributed by atoms with Gasteiger partial charge in [-0.05, 0) is 74.7 Å². The third-order valence-electron chi connectivity index (χ3n) is 3.91. The predicted molar refractivity (Wildman–Crippen MR) is 147 cm³/mol. The smallest absolute Gasteiger partial charge is 0.340 e. The lowest BCUT2D eigenvalue weighted by Gasteiger charge is -2.24. The van der Waals surface area contributed by atoms with Crippen LogP contribution in [0.5, 0.6) is 0 Å². The molecular weight excluding hydrogens is 797 g/mol. The molecule has 15 heteroatoms. The minimum absolute atomic E-state index is 0.238.